The van der Waals surface area contributed by atoms with Crippen molar-refractivity contribution in [3.05, 3.63) is 73.8 Å². The minimum atomic E-state index is -4.45. The summed E-state index contributed by atoms with van der Waals surface area (Å²) in [6.45, 7) is 1.39. The molecule has 1 aliphatic rings. The molecule has 0 amide bonds. The van der Waals surface area contributed by atoms with Gasteiger partial charge in [-0.25, -0.2) is 9.78 Å². The molecule has 1 aliphatic heterocycles. The number of non-ortho nitro benzene ring substituents is 1. The van der Waals surface area contributed by atoms with Crippen molar-refractivity contribution in [3.8, 4) is 16.3 Å². The summed E-state index contributed by atoms with van der Waals surface area (Å²) in [5, 5.41) is 11.6. The number of aryl methyl sites for hydroxylation is 1. The second-order valence-corrected chi connectivity index (χ2v) is 8.04. The molecule has 0 saturated carbocycles. The number of halogens is 3. The highest BCUT2D eigenvalue weighted by molar-refractivity contribution is 7.17. The van der Waals surface area contributed by atoms with E-state index in [1.54, 1.807) is 6.92 Å². The van der Waals surface area contributed by atoms with Crippen molar-refractivity contribution >= 4 is 23.0 Å². The van der Waals surface area contributed by atoms with Crippen LogP contribution in [0.4, 0.5) is 18.9 Å². The van der Waals surface area contributed by atoms with Gasteiger partial charge in [0.15, 0.2) is 6.79 Å². The fourth-order valence-electron chi connectivity index (χ4n) is 3.21. The second kappa shape index (κ2) is 8.79. The van der Waals surface area contributed by atoms with Gasteiger partial charge in [0.05, 0.1) is 22.8 Å². The molecule has 0 saturated heterocycles. The number of benzene rings is 2. The summed E-state index contributed by atoms with van der Waals surface area (Å²) in [4.78, 5) is 27.7. The summed E-state index contributed by atoms with van der Waals surface area (Å²) < 4.78 is 54.2. The van der Waals surface area contributed by atoms with E-state index in [-0.39, 0.29) is 30.6 Å². The summed E-state index contributed by atoms with van der Waals surface area (Å²) in [6, 6.07) is 7.06. The first-order valence-corrected chi connectivity index (χ1v) is 10.3. The van der Waals surface area contributed by atoms with E-state index in [0.29, 0.717) is 33.1 Å². The molecule has 8 nitrogen and oxygen atoms in total. The number of thiazole rings is 1. The number of esters is 1. The Bertz CT molecular complexity index is 1220. The van der Waals surface area contributed by atoms with Gasteiger partial charge in [-0.2, -0.15) is 13.2 Å². The van der Waals surface area contributed by atoms with Gasteiger partial charge in [-0.3, -0.25) is 10.1 Å². The van der Waals surface area contributed by atoms with Gasteiger partial charge in [0.2, 0.25) is 0 Å². The first-order chi connectivity index (χ1) is 15.6. The predicted molar refractivity (Wildman–Crippen MR) is 110 cm³/mol. The van der Waals surface area contributed by atoms with Crippen LogP contribution in [0.2, 0.25) is 0 Å². The van der Waals surface area contributed by atoms with Crippen molar-refractivity contribution < 1.29 is 37.1 Å². The van der Waals surface area contributed by atoms with E-state index in [0.717, 1.165) is 23.5 Å². The molecule has 12 heteroatoms. The minimum Gasteiger partial charge on any atom is -0.467 e. The van der Waals surface area contributed by atoms with Crippen LogP contribution in [0.5, 0.6) is 5.75 Å². The maximum Gasteiger partial charge on any atom is 0.416 e. The number of nitro groups is 1. The van der Waals surface area contributed by atoms with Crippen LogP contribution in [0, 0.1) is 17.0 Å². The van der Waals surface area contributed by atoms with E-state index in [1.165, 1.54) is 24.3 Å². The van der Waals surface area contributed by atoms with Gasteiger partial charge in [0.25, 0.3) is 5.69 Å². The van der Waals surface area contributed by atoms with Crippen LogP contribution < -0.4 is 4.74 Å². The molecule has 4 rings (SSSR count). The van der Waals surface area contributed by atoms with Crippen LogP contribution in [-0.2, 0) is 28.9 Å². The maximum absolute atomic E-state index is 12.8. The van der Waals surface area contributed by atoms with Gasteiger partial charge in [0, 0.05) is 28.8 Å². The van der Waals surface area contributed by atoms with Crippen molar-refractivity contribution in [3.63, 3.8) is 0 Å². The van der Waals surface area contributed by atoms with Gasteiger partial charge in [-0.05, 0) is 19.1 Å². The Labute approximate surface area is 188 Å². The van der Waals surface area contributed by atoms with Crippen molar-refractivity contribution in [2.24, 2.45) is 0 Å². The van der Waals surface area contributed by atoms with Crippen molar-refractivity contribution in [1.82, 2.24) is 4.98 Å². The smallest absolute Gasteiger partial charge is 0.416 e. The van der Waals surface area contributed by atoms with E-state index in [1.807, 2.05) is 0 Å². The monoisotopic (exact) mass is 480 g/mol. The fourth-order valence-corrected chi connectivity index (χ4v) is 4.18. The van der Waals surface area contributed by atoms with Crippen molar-refractivity contribution in [2.45, 2.75) is 26.3 Å². The number of hydrogen-bond acceptors (Lipinski definition) is 8. The largest absolute Gasteiger partial charge is 0.467 e. The quantitative estimate of drug-likeness (QED) is 0.279. The molecule has 0 atom stereocenters. The normalized spacial score (nSPS) is 13.2. The Kier molecular flexibility index (Phi) is 6.04. The zero-order chi connectivity index (χ0) is 23.8. The number of nitrogens with zero attached hydrogens (tertiary/aromatic N) is 2. The summed E-state index contributed by atoms with van der Waals surface area (Å²) >= 11 is 0.980. The first-order valence-electron chi connectivity index (χ1n) is 9.46. The molecule has 0 fully saturated rings. The minimum absolute atomic E-state index is 0.0315. The lowest BCUT2D eigenvalue weighted by atomic mass is 10.1. The number of nitro benzene ring substituents is 1. The maximum atomic E-state index is 12.8. The van der Waals surface area contributed by atoms with E-state index in [2.05, 4.69) is 4.98 Å². The van der Waals surface area contributed by atoms with Crippen LogP contribution in [0.15, 0.2) is 36.4 Å². The zero-order valence-corrected chi connectivity index (χ0v) is 17.8. The Balaban J connectivity index is 1.53. The summed E-state index contributed by atoms with van der Waals surface area (Å²) in [5.41, 5.74) is 0.600. The number of carbonyl (C=O) groups excluding carboxylic acids is 1. The number of carbonyl (C=O) groups is 1. The molecule has 2 heterocycles. The number of rotatable bonds is 5. The zero-order valence-electron chi connectivity index (χ0n) is 17.0. The molecule has 0 aliphatic carbocycles. The van der Waals surface area contributed by atoms with Crippen LogP contribution >= 0.6 is 11.3 Å². The number of fused-ring (bicyclic) bond motifs is 1. The highest BCUT2D eigenvalue weighted by Crippen LogP contribution is 2.35. The molecule has 0 radical (unpaired) electrons. The standard InChI is InChI=1S/C21H15F3N2O6S/c1-11-18(33-19(25-11)12-2-4-15(5-3-12)21(22,23)24)20(27)31-9-14-7-16(26(28)29)6-13-8-30-10-32-17(13)14/h2-7H,8-10H2,1H3. The Morgan fingerprint density at radius 2 is 2.00 bits per heavy atom. The van der Waals surface area contributed by atoms with Crippen LogP contribution in [0.25, 0.3) is 10.6 Å². The molecule has 1 aromatic heterocycles. The molecule has 0 unspecified atom stereocenters. The summed E-state index contributed by atoms with van der Waals surface area (Å²) in [7, 11) is 0. The molecule has 0 spiro atoms. The fraction of sp³-hybridized carbons (Fsp3) is 0.238. The molecule has 172 valence electrons. The number of aromatic nitrogens is 1. The SMILES string of the molecule is Cc1nc(-c2ccc(C(F)(F)F)cc2)sc1C(=O)OCc1cc([N+](=O)[O-])cc2c1OCOC2. The van der Waals surface area contributed by atoms with Crippen LogP contribution in [0.1, 0.15) is 32.1 Å². The number of ether oxygens (including phenoxy) is 3. The van der Waals surface area contributed by atoms with Gasteiger partial charge < -0.3 is 14.2 Å². The average Bonchev–Trinajstić information content (AvgIpc) is 3.18. The van der Waals surface area contributed by atoms with E-state index in [4.69, 9.17) is 14.2 Å². The number of alkyl halides is 3. The molecule has 33 heavy (non-hydrogen) atoms. The molecular weight excluding hydrogens is 465 g/mol. The van der Waals surface area contributed by atoms with Gasteiger partial charge in [0.1, 0.15) is 22.2 Å². The van der Waals surface area contributed by atoms with Gasteiger partial charge in [-0.1, -0.05) is 12.1 Å². The van der Waals surface area contributed by atoms with Crippen molar-refractivity contribution in [1.29, 1.82) is 0 Å². The number of hydrogen-bond donors (Lipinski definition) is 0. The highest BCUT2D eigenvalue weighted by Gasteiger charge is 2.30. The lowest BCUT2D eigenvalue weighted by Crippen LogP contribution is -2.15. The van der Waals surface area contributed by atoms with Crippen LogP contribution in [-0.4, -0.2) is 22.7 Å². The third kappa shape index (κ3) is 4.81. The third-order valence-corrected chi connectivity index (χ3v) is 5.97. The van der Waals surface area contributed by atoms with Gasteiger partial charge in [-0.15, -0.1) is 11.3 Å². The average molecular weight is 480 g/mol. The summed E-state index contributed by atoms with van der Waals surface area (Å²) in [6.07, 6.45) is -4.45. The highest BCUT2D eigenvalue weighted by atomic mass is 32.1. The summed E-state index contributed by atoms with van der Waals surface area (Å²) in [5.74, 6) is -0.346. The van der Waals surface area contributed by atoms with Crippen LogP contribution in [0.3, 0.4) is 0 Å². The molecule has 0 bridgehead atoms. The third-order valence-electron chi connectivity index (χ3n) is 4.78. The molecule has 0 N–H and O–H groups in total. The predicted octanol–water partition coefficient (Wildman–Crippen LogP) is 5.27. The lowest BCUT2D eigenvalue weighted by molar-refractivity contribution is -0.385. The lowest BCUT2D eigenvalue weighted by Gasteiger charge is -2.20. The Morgan fingerprint density at radius 3 is 2.67 bits per heavy atom. The molecule has 3 aromatic rings. The van der Waals surface area contributed by atoms with Crippen molar-refractivity contribution in [2.75, 3.05) is 6.79 Å². The first kappa shape index (κ1) is 22.7. The molecular formula is C21H15F3N2O6S. The topological polar surface area (TPSA) is 101 Å². The van der Waals surface area contributed by atoms with Gasteiger partial charge >= 0.3 is 12.1 Å². The van der Waals surface area contributed by atoms with E-state index < -0.39 is 22.6 Å². The van der Waals surface area contributed by atoms with E-state index in [9.17, 15) is 28.1 Å². The molecule has 2 aromatic carbocycles. The van der Waals surface area contributed by atoms with E-state index >= 15 is 0 Å². The Morgan fingerprint density at radius 1 is 1.27 bits per heavy atom. The second-order valence-electron chi connectivity index (χ2n) is 7.05. The Hall–Kier alpha value is -3.51.